The lowest BCUT2D eigenvalue weighted by atomic mass is 9.64. The van der Waals surface area contributed by atoms with E-state index in [9.17, 15) is 0 Å². The Balaban J connectivity index is 1.61. The second kappa shape index (κ2) is 7.37. The second-order valence-corrected chi connectivity index (χ2v) is 8.05. The third kappa shape index (κ3) is 3.00. The Morgan fingerprint density at radius 3 is 2.54 bits per heavy atom. The molecule has 4 rings (SSSR count). The highest BCUT2D eigenvalue weighted by molar-refractivity contribution is 5.46. The number of methoxy groups -OCH3 is 2. The first-order valence-corrected chi connectivity index (χ1v) is 9.92. The predicted molar refractivity (Wildman–Crippen MR) is 102 cm³/mol. The van der Waals surface area contributed by atoms with Crippen LogP contribution < -0.4 is 9.47 Å². The van der Waals surface area contributed by atoms with E-state index in [1.54, 1.807) is 14.2 Å². The van der Waals surface area contributed by atoms with Crippen molar-refractivity contribution in [2.24, 2.45) is 0 Å². The quantitative estimate of drug-likeness (QED) is 0.824. The molecule has 0 radical (unpaired) electrons. The molecule has 5 nitrogen and oxygen atoms in total. The number of hydrogen-bond donors (Lipinski definition) is 0. The highest BCUT2D eigenvalue weighted by atomic mass is 16.5. The SMILES string of the molecule is COc1ccc([C@@]23CCC(N4CCOCC4)C[C@@H]2N(C)CC3)cc1OC. The van der Waals surface area contributed by atoms with Crippen LogP contribution in [-0.4, -0.2) is 76.0 Å². The minimum absolute atomic E-state index is 0.247. The van der Waals surface area contributed by atoms with Crippen molar-refractivity contribution in [3.63, 3.8) is 0 Å². The molecule has 0 N–H and O–H groups in total. The van der Waals surface area contributed by atoms with Crippen molar-refractivity contribution in [2.75, 3.05) is 54.1 Å². The summed E-state index contributed by atoms with van der Waals surface area (Å²) in [7, 11) is 5.73. The smallest absolute Gasteiger partial charge is 0.161 e. The van der Waals surface area contributed by atoms with E-state index >= 15 is 0 Å². The molecular formula is C21H32N2O3. The number of benzene rings is 1. The van der Waals surface area contributed by atoms with Crippen molar-refractivity contribution >= 4 is 0 Å². The first-order valence-electron chi connectivity index (χ1n) is 9.92. The molecule has 1 aromatic rings. The van der Waals surface area contributed by atoms with Gasteiger partial charge in [0, 0.05) is 30.6 Å². The maximum atomic E-state index is 5.60. The summed E-state index contributed by atoms with van der Waals surface area (Å²) in [5.74, 6) is 1.67. The summed E-state index contributed by atoms with van der Waals surface area (Å²) in [6.45, 7) is 5.12. The predicted octanol–water partition coefficient (Wildman–Crippen LogP) is 2.53. The van der Waals surface area contributed by atoms with Crippen LogP contribution in [0.5, 0.6) is 11.5 Å². The molecule has 26 heavy (non-hydrogen) atoms. The van der Waals surface area contributed by atoms with Crippen molar-refractivity contribution < 1.29 is 14.2 Å². The Hall–Kier alpha value is -1.30. The van der Waals surface area contributed by atoms with Crippen LogP contribution in [0, 0.1) is 0 Å². The lowest BCUT2D eigenvalue weighted by molar-refractivity contribution is -0.00603. The van der Waals surface area contributed by atoms with Gasteiger partial charge in [-0.3, -0.25) is 4.90 Å². The summed E-state index contributed by atoms with van der Waals surface area (Å²) < 4.78 is 16.6. The fourth-order valence-corrected chi connectivity index (χ4v) is 5.52. The number of likely N-dealkylation sites (N-methyl/N-ethyl adjacent to an activating group) is 1. The lowest BCUT2D eigenvalue weighted by Crippen LogP contribution is -2.53. The molecule has 2 aliphatic heterocycles. The van der Waals surface area contributed by atoms with Crippen LogP contribution in [0.4, 0.5) is 0 Å². The first-order chi connectivity index (χ1) is 12.7. The molecule has 0 bridgehead atoms. The van der Waals surface area contributed by atoms with Crippen molar-refractivity contribution in [2.45, 2.75) is 43.2 Å². The normalized spacial score (nSPS) is 33.0. The average molecular weight is 360 g/mol. The Morgan fingerprint density at radius 2 is 1.81 bits per heavy atom. The second-order valence-electron chi connectivity index (χ2n) is 8.05. The molecule has 2 heterocycles. The van der Waals surface area contributed by atoms with E-state index in [1.807, 2.05) is 0 Å². The van der Waals surface area contributed by atoms with E-state index in [0.717, 1.165) is 37.8 Å². The molecule has 1 saturated carbocycles. The largest absolute Gasteiger partial charge is 0.493 e. The van der Waals surface area contributed by atoms with Crippen LogP contribution in [0.3, 0.4) is 0 Å². The molecule has 0 aromatic heterocycles. The molecular weight excluding hydrogens is 328 g/mol. The van der Waals surface area contributed by atoms with Gasteiger partial charge in [0.1, 0.15) is 0 Å². The van der Waals surface area contributed by atoms with Gasteiger partial charge in [-0.25, -0.2) is 0 Å². The van der Waals surface area contributed by atoms with Crippen LogP contribution in [0.1, 0.15) is 31.2 Å². The van der Waals surface area contributed by atoms with Crippen LogP contribution in [0.2, 0.25) is 0 Å². The Bertz CT molecular complexity index is 632. The zero-order valence-corrected chi connectivity index (χ0v) is 16.4. The van der Waals surface area contributed by atoms with Crippen LogP contribution in [0.25, 0.3) is 0 Å². The van der Waals surface area contributed by atoms with Gasteiger partial charge in [0.2, 0.25) is 0 Å². The van der Waals surface area contributed by atoms with E-state index in [2.05, 4.69) is 35.0 Å². The molecule has 0 spiro atoms. The van der Waals surface area contributed by atoms with Gasteiger partial charge >= 0.3 is 0 Å². The Kier molecular flexibility index (Phi) is 5.13. The van der Waals surface area contributed by atoms with Crippen molar-refractivity contribution in [3.8, 4) is 11.5 Å². The Labute approximate surface area is 157 Å². The van der Waals surface area contributed by atoms with Crippen molar-refractivity contribution in [1.82, 2.24) is 9.80 Å². The summed E-state index contributed by atoms with van der Waals surface area (Å²) in [5, 5.41) is 0. The average Bonchev–Trinajstić information content (AvgIpc) is 3.05. The maximum absolute atomic E-state index is 5.60. The number of fused-ring (bicyclic) bond motifs is 1. The fraction of sp³-hybridized carbons (Fsp3) is 0.714. The first kappa shape index (κ1) is 18.1. The Morgan fingerprint density at radius 1 is 1.04 bits per heavy atom. The molecule has 3 aliphatic rings. The highest BCUT2D eigenvalue weighted by Crippen LogP contribution is 2.50. The van der Waals surface area contributed by atoms with Gasteiger partial charge in [-0.05, 0) is 57.0 Å². The van der Waals surface area contributed by atoms with E-state index in [1.165, 1.54) is 37.8 Å². The van der Waals surface area contributed by atoms with E-state index in [-0.39, 0.29) is 5.41 Å². The number of ether oxygens (including phenoxy) is 3. The van der Waals surface area contributed by atoms with Crippen molar-refractivity contribution in [1.29, 1.82) is 0 Å². The topological polar surface area (TPSA) is 34.2 Å². The summed E-state index contributed by atoms with van der Waals surface area (Å²) in [4.78, 5) is 5.25. The molecule has 1 aromatic carbocycles. The number of rotatable bonds is 4. The van der Waals surface area contributed by atoms with Crippen molar-refractivity contribution in [3.05, 3.63) is 23.8 Å². The maximum Gasteiger partial charge on any atom is 0.161 e. The molecule has 0 amide bonds. The van der Waals surface area contributed by atoms with Crippen LogP contribution in [-0.2, 0) is 10.2 Å². The van der Waals surface area contributed by atoms with Crippen LogP contribution >= 0.6 is 0 Å². The van der Waals surface area contributed by atoms with Gasteiger partial charge in [-0.1, -0.05) is 6.07 Å². The lowest BCUT2D eigenvalue weighted by Gasteiger charge is -2.48. The molecule has 1 aliphatic carbocycles. The standard InChI is InChI=1S/C21H32N2O3/c1-22-9-8-21(16-4-5-18(24-2)19(14-16)25-3)7-6-17(15-20(21)22)23-10-12-26-13-11-23/h4-5,14,17,20H,6-13,15H2,1-3H3/t17?,20-,21-/m0/s1. The summed E-state index contributed by atoms with van der Waals surface area (Å²) >= 11 is 0. The number of morpholine rings is 1. The van der Waals surface area contributed by atoms with Gasteiger partial charge in [0.05, 0.1) is 27.4 Å². The number of hydrogen-bond acceptors (Lipinski definition) is 5. The third-order valence-electron chi connectivity index (χ3n) is 7.02. The number of likely N-dealkylation sites (tertiary alicyclic amines) is 1. The molecule has 1 unspecified atom stereocenters. The third-order valence-corrected chi connectivity index (χ3v) is 7.02. The van der Waals surface area contributed by atoms with Gasteiger partial charge in [-0.2, -0.15) is 0 Å². The monoisotopic (exact) mass is 360 g/mol. The van der Waals surface area contributed by atoms with E-state index in [0.29, 0.717) is 12.1 Å². The highest BCUT2D eigenvalue weighted by Gasteiger charge is 2.51. The molecule has 5 heteroatoms. The molecule has 2 saturated heterocycles. The summed E-state index contributed by atoms with van der Waals surface area (Å²) in [5.41, 5.74) is 1.67. The van der Waals surface area contributed by atoms with Gasteiger partial charge < -0.3 is 19.1 Å². The summed E-state index contributed by atoms with van der Waals surface area (Å²) in [6, 6.07) is 7.86. The molecule has 3 fully saturated rings. The zero-order chi connectivity index (χ0) is 18.1. The van der Waals surface area contributed by atoms with E-state index < -0.39 is 0 Å². The molecule has 144 valence electrons. The van der Waals surface area contributed by atoms with E-state index in [4.69, 9.17) is 14.2 Å². The van der Waals surface area contributed by atoms with Gasteiger partial charge in [0.15, 0.2) is 11.5 Å². The van der Waals surface area contributed by atoms with Gasteiger partial charge in [-0.15, -0.1) is 0 Å². The molecule has 3 atom stereocenters. The van der Waals surface area contributed by atoms with Gasteiger partial charge in [0.25, 0.3) is 0 Å². The minimum atomic E-state index is 0.247. The van der Waals surface area contributed by atoms with Crippen LogP contribution in [0.15, 0.2) is 18.2 Å². The zero-order valence-electron chi connectivity index (χ0n) is 16.4. The minimum Gasteiger partial charge on any atom is -0.493 e. The number of nitrogens with zero attached hydrogens (tertiary/aromatic N) is 2. The summed E-state index contributed by atoms with van der Waals surface area (Å²) in [6.07, 6.45) is 5.02. The fourth-order valence-electron chi connectivity index (χ4n) is 5.52.